The number of carbonyl (C=O) groups is 1. The molecule has 33 heavy (non-hydrogen) atoms. The van der Waals surface area contributed by atoms with Crippen LogP contribution < -0.4 is 20.3 Å². The number of H-pyrrole nitrogens is 1. The van der Waals surface area contributed by atoms with Gasteiger partial charge in [0.05, 0.1) is 23.7 Å². The first kappa shape index (κ1) is 21.4. The zero-order valence-corrected chi connectivity index (χ0v) is 18.3. The van der Waals surface area contributed by atoms with Crippen LogP contribution in [-0.2, 0) is 21.3 Å². The topological polar surface area (TPSA) is 127 Å². The summed E-state index contributed by atoms with van der Waals surface area (Å²) in [6.45, 7) is 1.51. The minimum absolute atomic E-state index is 0.0498. The van der Waals surface area contributed by atoms with Gasteiger partial charge < -0.3 is 24.5 Å². The maximum atomic E-state index is 13.1. The summed E-state index contributed by atoms with van der Waals surface area (Å²) in [4.78, 5) is 27.8. The molecule has 1 saturated heterocycles. The average Bonchev–Trinajstić information content (AvgIpc) is 3.30. The molecule has 3 heterocycles. The molecular formula is C22H21N3O7S. The molecule has 0 atom stereocenters. The number of rotatable bonds is 5. The second-order valence-corrected chi connectivity index (χ2v) is 9.58. The fourth-order valence-electron chi connectivity index (χ4n) is 3.85. The Morgan fingerprint density at radius 1 is 1.03 bits per heavy atom. The molecule has 2 aliphatic heterocycles. The van der Waals surface area contributed by atoms with Crippen molar-refractivity contribution in [2.24, 2.45) is 0 Å². The molecule has 10 nitrogen and oxygen atoms in total. The molecule has 1 amide bonds. The second kappa shape index (κ2) is 8.50. The van der Waals surface area contributed by atoms with Crippen LogP contribution in [0.2, 0.25) is 0 Å². The number of carbonyl (C=O) groups excluding carboxylic acids is 1. The van der Waals surface area contributed by atoms with E-state index in [1.54, 1.807) is 18.2 Å². The third-order valence-corrected chi connectivity index (χ3v) is 7.45. The van der Waals surface area contributed by atoms with Crippen molar-refractivity contribution in [3.05, 3.63) is 63.9 Å². The van der Waals surface area contributed by atoms with Crippen LogP contribution >= 0.6 is 0 Å². The third kappa shape index (κ3) is 4.17. The SMILES string of the molecule is O=C(NCc1ccc2c(c1)OCO2)c1cc(=O)[nH]c2ccc(S(=O)(=O)N3CCOCC3)cc12. The third-order valence-electron chi connectivity index (χ3n) is 5.56. The summed E-state index contributed by atoms with van der Waals surface area (Å²) in [5.41, 5.74) is 0.794. The van der Waals surface area contributed by atoms with E-state index in [1.807, 2.05) is 0 Å². The van der Waals surface area contributed by atoms with Crippen molar-refractivity contribution >= 4 is 26.8 Å². The molecule has 0 saturated carbocycles. The van der Waals surface area contributed by atoms with Crippen molar-refractivity contribution in [3.8, 4) is 11.5 Å². The number of nitrogens with one attached hydrogen (secondary N) is 2. The maximum absolute atomic E-state index is 13.1. The van der Waals surface area contributed by atoms with Crippen molar-refractivity contribution in [3.63, 3.8) is 0 Å². The van der Waals surface area contributed by atoms with Gasteiger partial charge in [0.1, 0.15) is 0 Å². The zero-order valence-electron chi connectivity index (χ0n) is 17.5. The molecule has 1 fully saturated rings. The first-order chi connectivity index (χ1) is 15.9. The summed E-state index contributed by atoms with van der Waals surface area (Å²) in [6.07, 6.45) is 0. The fraction of sp³-hybridized carbons (Fsp3) is 0.273. The molecule has 11 heteroatoms. The molecule has 0 bridgehead atoms. The number of aromatic amines is 1. The Bertz CT molecular complexity index is 1390. The lowest BCUT2D eigenvalue weighted by molar-refractivity contribution is 0.0730. The Labute approximate surface area is 189 Å². The van der Waals surface area contributed by atoms with Crippen LogP contribution in [0.5, 0.6) is 11.5 Å². The Kier molecular flexibility index (Phi) is 5.52. The summed E-state index contributed by atoms with van der Waals surface area (Å²) in [5, 5.41) is 3.12. The summed E-state index contributed by atoms with van der Waals surface area (Å²) >= 11 is 0. The van der Waals surface area contributed by atoms with Crippen molar-refractivity contribution in [2.75, 3.05) is 33.1 Å². The number of amides is 1. The molecule has 2 aliphatic rings. The molecule has 0 aliphatic carbocycles. The molecule has 0 radical (unpaired) electrons. The van der Waals surface area contributed by atoms with E-state index in [-0.39, 0.29) is 36.9 Å². The van der Waals surface area contributed by atoms with Crippen LogP contribution in [0.25, 0.3) is 10.9 Å². The van der Waals surface area contributed by atoms with Gasteiger partial charge in [0.15, 0.2) is 11.5 Å². The van der Waals surface area contributed by atoms with Crippen molar-refractivity contribution < 1.29 is 27.4 Å². The lowest BCUT2D eigenvalue weighted by Gasteiger charge is -2.26. The van der Waals surface area contributed by atoms with Gasteiger partial charge in [-0.2, -0.15) is 4.31 Å². The van der Waals surface area contributed by atoms with E-state index in [1.165, 1.54) is 28.6 Å². The van der Waals surface area contributed by atoms with E-state index in [0.29, 0.717) is 35.6 Å². The number of morpholine rings is 1. The van der Waals surface area contributed by atoms with Gasteiger partial charge in [0.2, 0.25) is 22.4 Å². The van der Waals surface area contributed by atoms with E-state index < -0.39 is 21.5 Å². The Hall–Kier alpha value is -3.41. The molecule has 1 aromatic heterocycles. The highest BCUT2D eigenvalue weighted by Gasteiger charge is 2.27. The maximum Gasteiger partial charge on any atom is 0.252 e. The molecule has 5 rings (SSSR count). The van der Waals surface area contributed by atoms with Gasteiger partial charge in [-0.05, 0) is 35.9 Å². The van der Waals surface area contributed by atoms with E-state index in [4.69, 9.17) is 14.2 Å². The van der Waals surface area contributed by atoms with Gasteiger partial charge in [-0.3, -0.25) is 9.59 Å². The zero-order chi connectivity index (χ0) is 23.0. The molecule has 3 aromatic rings. The summed E-state index contributed by atoms with van der Waals surface area (Å²) in [7, 11) is -3.76. The van der Waals surface area contributed by atoms with E-state index in [0.717, 1.165) is 5.56 Å². The van der Waals surface area contributed by atoms with Crippen LogP contribution in [0.4, 0.5) is 0 Å². The molecule has 2 aromatic carbocycles. The number of nitrogens with zero attached hydrogens (tertiary/aromatic N) is 1. The van der Waals surface area contributed by atoms with Crippen molar-refractivity contribution in [1.82, 2.24) is 14.6 Å². The van der Waals surface area contributed by atoms with Gasteiger partial charge in [-0.25, -0.2) is 8.42 Å². The summed E-state index contributed by atoms with van der Waals surface area (Å²) < 4.78 is 43.3. The second-order valence-electron chi connectivity index (χ2n) is 7.64. The number of benzene rings is 2. The van der Waals surface area contributed by atoms with Crippen LogP contribution in [0.15, 0.2) is 52.2 Å². The Balaban J connectivity index is 1.44. The molecule has 0 spiro atoms. The van der Waals surface area contributed by atoms with Gasteiger partial charge in [0.25, 0.3) is 5.91 Å². The normalized spacial score (nSPS) is 16.1. The van der Waals surface area contributed by atoms with Crippen LogP contribution in [0.1, 0.15) is 15.9 Å². The molecular weight excluding hydrogens is 450 g/mol. The minimum atomic E-state index is -3.76. The highest BCUT2D eigenvalue weighted by Crippen LogP contribution is 2.32. The van der Waals surface area contributed by atoms with Gasteiger partial charge in [-0.15, -0.1) is 0 Å². The predicted molar refractivity (Wildman–Crippen MR) is 118 cm³/mol. The van der Waals surface area contributed by atoms with E-state index in [2.05, 4.69) is 10.3 Å². The van der Waals surface area contributed by atoms with E-state index >= 15 is 0 Å². The Morgan fingerprint density at radius 2 is 1.82 bits per heavy atom. The summed E-state index contributed by atoms with van der Waals surface area (Å²) in [5.74, 6) is 0.741. The quantitative estimate of drug-likeness (QED) is 0.573. The molecule has 172 valence electrons. The van der Waals surface area contributed by atoms with Gasteiger partial charge in [-0.1, -0.05) is 6.07 Å². The predicted octanol–water partition coefficient (Wildman–Crippen LogP) is 1.21. The number of ether oxygens (including phenoxy) is 3. The number of fused-ring (bicyclic) bond motifs is 2. The van der Waals surface area contributed by atoms with Crippen LogP contribution in [-0.4, -0.2) is 56.7 Å². The largest absolute Gasteiger partial charge is 0.454 e. The van der Waals surface area contributed by atoms with E-state index in [9.17, 15) is 18.0 Å². The lowest BCUT2D eigenvalue weighted by Crippen LogP contribution is -2.40. The highest BCUT2D eigenvalue weighted by atomic mass is 32.2. The first-order valence-electron chi connectivity index (χ1n) is 10.3. The van der Waals surface area contributed by atoms with Gasteiger partial charge >= 0.3 is 0 Å². The standard InChI is InChI=1S/C22H21N3O7S/c26-21-11-17(22(27)23-12-14-1-4-19-20(9-14)32-13-31-19)16-10-15(2-3-18(16)24-21)33(28,29)25-5-7-30-8-6-25/h1-4,9-11H,5-8,12-13H2,(H,23,27)(H,24,26). The lowest BCUT2D eigenvalue weighted by atomic mass is 10.1. The monoisotopic (exact) mass is 471 g/mol. The average molecular weight is 471 g/mol. The molecule has 0 unspecified atom stereocenters. The smallest absolute Gasteiger partial charge is 0.252 e. The van der Waals surface area contributed by atoms with Crippen molar-refractivity contribution in [1.29, 1.82) is 0 Å². The number of aromatic nitrogens is 1. The van der Waals surface area contributed by atoms with Crippen molar-refractivity contribution in [2.45, 2.75) is 11.4 Å². The highest BCUT2D eigenvalue weighted by molar-refractivity contribution is 7.89. The molecule has 2 N–H and O–H groups in total. The first-order valence-corrected chi connectivity index (χ1v) is 11.8. The number of sulfonamides is 1. The van der Waals surface area contributed by atoms with Crippen LogP contribution in [0, 0.1) is 0 Å². The Morgan fingerprint density at radius 3 is 2.64 bits per heavy atom. The summed E-state index contributed by atoms with van der Waals surface area (Å²) in [6, 6.07) is 10.8. The minimum Gasteiger partial charge on any atom is -0.454 e. The number of hydrogen-bond acceptors (Lipinski definition) is 7. The van der Waals surface area contributed by atoms with Gasteiger partial charge in [0, 0.05) is 36.6 Å². The van der Waals surface area contributed by atoms with Crippen LogP contribution in [0.3, 0.4) is 0 Å². The number of hydrogen-bond donors (Lipinski definition) is 2. The fourth-order valence-corrected chi connectivity index (χ4v) is 5.28. The number of pyridine rings is 1.